The Hall–Kier alpha value is -1.85. The van der Waals surface area contributed by atoms with Crippen molar-refractivity contribution in [3.63, 3.8) is 0 Å². The summed E-state index contributed by atoms with van der Waals surface area (Å²) >= 11 is 0. The molecule has 0 spiro atoms. The summed E-state index contributed by atoms with van der Waals surface area (Å²) in [6.07, 6.45) is 2.17. The van der Waals surface area contributed by atoms with Gasteiger partial charge in [0.05, 0.1) is 12.0 Å². The number of hydrogen-bond donors (Lipinski definition) is 2. The highest BCUT2D eigenvalue weighted by atomic mass is 16.4. The van der Waals surface area contributed by atoms with Gasteiger partial charge < -0.3 is 14.8 Å². The fourth-order valence-electron chi connectivity index (χ4n) is 1.83. The molecule has 18 heavy (non-hydrogen) atoms. The van der Waals surface area contributed by atoms with Crippen molar-refractivity contribution in [2.75, 3.05) is 0 Å². The SMILES string of the molecule is CCC(CC)(CC(=O)O)NC(=O)c1ncoc1C. The van der Waals surface area contributed by atoms with Crippen molar-refractivity contribution >= 4 is 11.9 Å². The molecule has 1 aromatic heterocycles. The monoisotopic (exact) mass is 254 g/mol. The minimum atomic E-state index is -0.934. The number of aryl methyl sites for hydroxylation is 1. The van der Waals surface area contributed by atoms with Gasteiger partial charge in [-0.25, -0.2) is 4.98 Å². The molecule has 0 atom stereocenters. The van der Waals surface area contributed by atoms with E-state index in [0.29, 0.717) is 18.6 Å². The van der Waals surface area contributed by atoms with Crippen LogP contribution >= 0.6 is 0 Å². The van der Waals surface area contributed by atoms with Gasteiger partial charge in [-0.15, -0.1) is 0 Å². The van der Waals surface area contributed by atoms with Crippen LogP contribution in [0.3, 0.4) is 0 Å². The molecule has 0 fully saturated rings. The number of oxazole rings is 1. The van der Waals surface area contributed by atoms with Crippen molar-refractivity contribution in [1.29, 1.82) is 0 Å². The van der Waals surface area contributed by atoms with E-state index in [0.717, 1.165) is 0 Å². The topological polar surface area (TPSA) is 92.4 Å². The molecule has 0 radical (unpaired) electrons. The first-order valence-corrected chi connectivity index (χ1v) is 5.88. The first-order chi connectivity index (χ1) is 8.44. The van der Waals surface area contributed by atoms with E-state index in [1.807, 2.05) is 13.8 Å². The quantitative estimate of drug-likeness (QED) is 0.806. The normalized spacial score (nSPS) is 11.3. The molecule has 0 saturated heterocycles. The Balaban J connectivity index is 2.87. The minimum Gasteiger partial charge on any atom is -0.481 e. The Morgan fingerprint density at radius 1 is 1.44 bits per heavy atom. The number of carboxylic acid groups (broad SMARTS) is 1. The molecule has 0 bridgehead atoms. The van der Waals surface area contributed by atoms with E-state index in [1.165, 1.54) is 6.39 Å². The van der Waals surface area contributed by atoms with Crippen molar-refractivity contribution in [2.24, 2.45) is 0 Å². The average Bonchev–Trinajstić information content (AvgIpc) is 2.74. The van der Waals surface area contributed by atoms with E-state index in [4.69, 9.17) is 9.52 Å². The largest absolute Gasteiger partial charge is 0.481 e. The lowest BCUT2D eigenvalue weighted by Gasteiger charge is -2.31. The standard InChI is InChI=1S/C12H18N2O4/c1-4-12(5-2,6-9(15)16)14-11(17)10-8(3)18-7-13-10/h7H,4-6H2,1-3H3,(H,14,17)(H,15,16). The molecule has 6 nitrogen and oxygen atoms in total. The van der Waals surface area contributed by atoms with Crippen LogP contribution in [0.1, 0.15) is 49.4 Å². The summed E-state index contributed by atoms with van der Waals surface area (Å²) in [5.41, 5.74) is -0.541. The molecular formula is C12H18N2O4. The third-order valence-electron chi connectivity index (χ3n) is 3.18. The third-order valence-corrected chi connectivity index (χ3v) is 3.18. The van der Waals surface area contributed by atoms with Gasteiger partial charge in [0.15, 0.2) is 12.1 Å². The van der Waals surface area contributed by atoms with Crippen LogP contribution in [0.4, 0.5) is 0 Å². The molecule has 6 heteroatoms. The highest BCUT2D eigenvalue weighted by Crippen LogP contribution is 2.21. The van der Waals surface area contributed by atoms with E-state index < -0.39 is 17.4 Å². The van der Waals surface area contributed by atoms with Crippen LogP contribution in [-0.4, -0.2) is 27.5 Å². The van der Waals surface area contributed by atoms with Gasteiger partial charge in [-0.1, -0.05) is 13.8 Å². The number of amides is 1. The number of carboxylic acids is 1. The van der Waals surface area contributed by atoms with Crippen molar-refractivity contribution < 1.29 is 19.1 Å². The number of nitrogens with one attached hydrogen (secondary N) is 1. The van der Waals surface area contributed by atoms with Gasteiger partial charge in [0, 0.05) is 0 Å². The van der Waals surface area contributed by atoms with Crippen molar-refractivity contribution in [2.45, 2.75) is 45.6 Å². The molecule has 1 aromatic rings. The van der Waals surface area contributed by atoms with Crippen LogP contribution in [0.5, 0.6) is 0 Å². The molecule has 0 aliphatic heterocycles. The lowest BCUT2D eigenvalue weighted by atomic mass is 9.88. The Labute approximate surface area is 105 Å². The first kappa shape index (κ1) is 14.2. The lowest BCUT2D eigenvalue weighted by molar-refractivity contribution is -0.138. The van der Waals surface area contributed by atoms with E-state index in [9.17, 15) is 9.59 Å². The van der Waals surface area contributed by atoms with E-state index in [2.05, 4.69) is 10.3 Å². The van der Waals surface area contributed by atoms with E-state index >= 15 is 0 Å². The van der Waals surface area contributed by atoms with Gasteiger partial charge in [0.2, 0.25) is 0 Å². The molecule has 1 heterocycles. The molecule has 0 unspecified atom stereocenters. The van der Waals surface area contributed by atoms with Crippen LogP contribution in [0.25, 0.3) is 0 Å². The highest BCUT2D eigenvalue weighted by molar-refractivity contribution is 5.93. The number of aliphatic carboxylic acids is 1. The number of aromatic nitrogens is 1. The van der Waals surface area contributed by atoms with Gasteiger partial charge in [0.1, 0.15) is 5.76 Å². The van der Waals surface area contributed by atoms with E-state index in [-0.39, 0.29) is 12.1 Å². The second-order valence-electron chi connectivity index (χ2n) is 4.27. The van der Waals surface area contributed by atoms with Gasteiger partial charge in [0.25, 0.3) is 5.91 Å². The van der Waals surface area contributed by atoms with Crippen LogP contribution < -0.4 is 5.32 Å². The van der Waals surface area contributed by atoms with Gasteiger partial charge in [-0.05, 0) is 19.8 Å². The predicted molar refractivity (Wildman–Crippen MR) is 64.3 cm³/mol. The summed E-state index contributed by atoms with van der Waals surface area (Å²) < 4.78 is 4.96. The zero-order chi connectivity index (χ0) is 13.8. The predicted octanol–water partition coefficient (Wildman–Crippen LogP) is 1.75. The van der Waals surface area contributed by atoms with Crippen molar-refractivity contribution in [3.8, 4) is 0 Å². The molecule has 1 amide bonds. The Kier molecular flexibility index (Phi) is 4.47. The zero-order valence-electron chi connectivity index (χ0n) is 10.8. The smallest absolute Gasteiger partial charge is 0.305 e. The summed E-state index contributed by atoms with van der Waals surface area (Å²) in [5.74, 6) is -0.911. The fourth-order valence-corrected chi connectivity index (χ4v) is 1.83. The molecule has 1 rings (SSSR count). The average molecular weight is 254 g/mol. The first-order valence-electron chi connectivity index (χ1n) is 5.88. The second kappa shape index (κ2) is 5.66. The fraction of sp³-hybridized carbons (Fsp3) is 0.583. The Bertz CT molecular complexity index is 435. The third kappa shape index (κ3) is 3.09. The molecular weight excluding hydrogens is 236 g/mol. The summed E-state index contributed by atoms with van der Waals surface area (Å²) in [4.78, 5) is 26.7. The van der Waals surface area contributed by atoms with Crippen LogP contribution in [-0.2, 0) is 4.79 Å². The van der Waals surface area contributed by atoms with Crippen molar-refractivity contribution in [3.05, 3.63) is 17.8 Å². The van der Waals surface area contributed by atoms with Crippen LogP contribution in [0.15, 0.2) is 10.8 Å². The Morgan fingerprint density at radius 3 is 2.44 bits per heavy atom. The number of carbonyl (C=O) groups excluding carboxylic acids is 1. The highest BCUT2D eigenvalue weighted by Gasteiger charge is 2.32. The molecule has 0 aliphatic carbocycles. The number of hydrogen-bond acceptors (Lipinski definition) is 4. The van der Waals surface area contributed by atoms with Gasteiger partial charge in [-0.2, -0.15) is 0 Å². The second-order valence-corrected chi connectivity index (χ2v) is 4.27. The summed E-state index contributed by atoms with van der Waals surface area (Å²) in [6, 6.07) is 0. The van der Waals surface area contributed by atoms with Crippen molar-refractivity contribution in [1.82, 2.24) is 10.3 Å². The molecule has 0 saturated carbocycles. The van der Waals surface area contributed by atoms with Gasteiger partial charge >= 0.3 is 5.97 Å². The van der Waals surface area contributed by atoms with Gasteiger partial charge in [-0.3, -0.25) is 9.59 Å². The summed E-state index contributed by atoms with van der Waals surface area (Å²) in [5, 5.41) is 11.7. The van der Waals surface area contributed by atoms with E-state index in [1.54, 1.807) is 6.92 Å². The molecule has 100 valence electrons. The number of carbonyl (C=O) groups is 2. The maximum absolute atomic E-state index is 12.0. The number of rotatable bonds is 6. The molecule has 0 aliphatic rings. The number of nitrogens with zero attached hydrogens (tertiary/aromatic N) is 1. The molecule has 0 aromatic carbocycles. The maximum Gasteiger partial charge on any atom is 0.305 e. The van der Waals surface area contributed by atoms with Crippen LogP contribution in [0.2, 0.25) is 0 Å². The Morgan fingerprint density at radius 2 is 2.06 bits per heavy atom. The molecule has 2 N–H and O–H groups in total. The summed E-state index contributed by atoms with van der Waals surface area (Å²) in [7, 11) is 0. The summed E-state index contributed by atoms with van der Waals surface area (Å²) in [6.45, 7) is 5.34. The minimum absolute atomic E-state index is 0.108. The maximum atomic E-state index is 12.0. The van der Waals surface area contributed by atoms with Crippen LogP contribution in [0, 0.1) is 6.92 Å². The zero-order valence-corrected chi connectivity index (χ0v) is 10.8. The lowest BCUT2D eigenvalue weighted by Crippen LogP contribution is -2.49.